The predicted molar refractivity (Wildman–Crippen MR) is 175 cm³/mol. The molecular formula is C30H28N8O5S2. The monoisotopic (exact) mass is 644 g/mol. The molecule has 5 rings (SSSR count). The number of aromatic nitrogens is 3. The van der Waals surface area contributed by atoms with Crippen LogP contribution < -0.4 is 21.0 Å². The summed E-state index contributed by atoms with van der Waals surface area (Å²) in [6.07, 6.45) is 2.13. The lowest BCUT2D eigenvalue weighted by Gasteiger charge is -2.24. The number of rotatable bonds is 12. The number of thiocarbonyl (C=S) groups is 1. The van der Waals surface area contributed by atoms with Gasteiger partial charge in [-0.2, -0.15) is 10.2 Å². The summed E-state index contributed by atoms with van der Waals surface area (Å²) in [5.74, 6) is -1.99. The van der Waals surface area contributed by atoms with Crippen LogP contribution in [0.2, 0.25) is 0 Å². The molecule has 2 amide bonds. The van der Waals surface area contributed by atoms with Crippen molar-refractivity contribution in [3.8, 4) is 5.69 Å². The summed E-state index contributed by atoms with van der Waals surface area (Å²) in [5, 5.41) is 25.7. The van der Waals surface area contributed by atoms with Crippen molar-refractivity contribution < 1.29 is 24.2 Å². The normalized spacial score (nSPS) is 14.4. The Kier molecular flexibility index (Phi) is 9.72. The van der Waals surface area contributed by atoms with Crippen molar-refractivity contribution in [1.29, 1.82) is 0 Å². The zero-order valence-electron chi connectivity index (χ0n) is 23.8. The number of methoxy groups -OCH3 is 1. The van der Waals surface area contributed by atoms with E-state index in [1.54, 1.807) is 82.7 Å². The third-order valence-corrected chi connectivity index (χ3v) is 7.54. The summed E-state index contributed by atoms with van der Waals surface area (Å²) in [6.45, 7) is -0.333. The minimum absolute atomic E-state index is 0.125. The van der Waals surface area contributed by atoms with E-state index in [1.807, 2.05) is 12.1 Å². The third kappa shape index (κ3) is 7.64. The highest BCUT2D eigenvalue weighted by Gasteiger charge is 2.22. The largest absolute Gasteiger partial charge is 0.479 e. The fourth-order valence-corrected chi connectivity index (χ4v) is 5.14. The van der Waals surface area contributed by atoms with Crippen molar-refractivity contribution in [1.82, 2.24) is 20.2 Å². The highest BCUT2D eigenvalue weighted by Crippen LogP contribution is 2.23. The fraction of sp³-hybridized carbons (Fsp3) is 0.167. The zero-order chi connectivity index (χ0) is 31.9. The maximum atomic E-state index is 13.2. The van der Waals surface area contributed by atoms with Crippen LogP contribution in [0.1, 0.15) is 23.1 Å². The van der Waals surface area contributed by atoms with Gasteiger partial charge in [-0.15, -0.1) is 0 Å². The van der Waals surface area contributed by atoms with Crippen LogP contribution in [0, 0.1) is 4.77 Å². The first-order valence-corrected chi connectivity index (χ1v) is 14.4. The number of hydrogen-bond donors (Lipinski definition) is 5. The van der Waals surface area contributed by atoms with E-state index >= 15 is 0 Å². The molecule has 13 nitrogen and oxygen atoms in total. The number of carboxylic acids is 1. The van der Waals surface area contributed by atoms with E-state index in [0.29, 0.717) is 32.4 Å². The van der Waals surface area contributed by atoms with Gasteiger partial charge in [0.2, 0.25) is 11.8 Å². The number of ether oxygens (including phenoxy) is 1. The molecule has 2 heterocycles. The minimum Gasteiger partial charge on any atom is -0.479 e. The highest BCUT2D eigenvalue weighted by atomic mass is 32.1. The number of carboxylic acid groups (broad SMARTS) is 1. The standard InChI is InChI=1S/C30H28N8O5S2/c1-43-27(29(41)42)19-4-10-22(11-5-19)37(15-25(39)33-20-6-2-18(3-7-20)24-14-31-35-28(24)44)16-26(40)34-21-8-12-23(13-9-21)38-17-32-36-30(38)45/h2-14,17,24,27H,15-16H2,1H3,(H,33,39)(H,34,40)(H,35,44)(H,36,45)(H,41,42). The van der Waals surface area contributed by atoms with Crippen LogP contribution in [0.4, 0.5) is 17.1 Å². The first-order chi connectivity index (χ1) is 21.7. The zero-order valence-corrected chi connectivity index (χ0v) is 25.5. The van der Waals surface area contributed by atoms with Gasteiger partial charge >= 0.3 is 5.97 Å². The molecule has 0 fully saturated rings. The molecule has 4 aromatic rings. The van der Waals surface area contributed by atoms with Crippen LogP contribution in [-0.4, -0.2) is 69.1 Å². The molecule has 1 aliphatic rings. The molecule has 2 unspecified atom stereocenters. The van der Waals surface area contributed by atoms with Gasteiger partial charge in [0.05, 0.1) is 19.0 Å². The molecule has 0 spiro atoms. The molecule has 45 heavy (non-hydrogen) atoms. The second-order valence-corrected chi connectivity index (χ2v) is 10.8. The Morgan fingerprint density at radius 3 is 2.04 bits per heavy atom. The molecule has 0 saturated carbocycles. The van der Waals surface area contributed by atoms with E-state index < -0.39 is 12.1 Å². The highest BCUT2D eigenvalue weighted by molar-refractivity contribution is 7.80. The Morgan fingerprint density at radius 1 is 0.956 bits per heavy atom. The second kappa shape index (κ2) is 14.0. The molecular weight excluding hydrogens is 617 g/mol. The number of amides is 2. The Morgan fingerprint density at radius 2 is 1.56 bits per heavy atom. The summed E-state index contributed by atoms with van der Waals surface area (Å²) in [7, 11) is 1.31. The van der Waals surface area contributed by atoms with Crippen LogP contribution in [0.5, 0.6) is 0 Å². The molecule has 15 heteroatoms. The Labute approximate surface area is 267 Å². The van der Waals surface area contributed by atoms with Gasteiger partial charge in [0.1, 0.15) is 11.3 Å². The molecule has 1 aromatic heterocycles. The van der Waals surface area contributed by atoms with E-state index in [0.717, 1.165) is 11.3 Å². The van der Waals surface area contributed by atoms with Gasteiger partial charge in [-0.25, -0.2) is 4.79 Å². The number of hydrogen-bond acceptors (Lipinski definition) is 9. The summed E-state index contributed by atoms with van der Waals surface area (Å²) in [4.78, 5) is 40.0. The molecule has 3 aromatic carbocycles. The molecule has 230 valence electrons. The molecule has 5 N–H and O–H groups in total. The fourth-order valence-electron chi connectivity index (χ4n) is 4.69. The molecule has 0 bridgehead atoms. The summed E-state index contributed by atoms with van der Waals surface area (Å²) in [5.41, 5.74) is 6.53. The van der Waals surface area contributed by atoms with Crippen LogP contribution in [0.25, 0.3) is 5.69 Å². The van der Waals surface area contributed by atoms with Crippen molar-refractivity contribution in [3.05, 3.63) is 95.0 Å². The number of nitrogens with zero attached hydrogens (tertiary/aromatic N) is 4. The van der Waals surface area contributed by atoms with Crippen LogP contribution in [0.15, 0.2) is 84.2 Å². The smallest absolute Gasteiger partial charge is 0.337 e. The molecule has 0 saturated heterocycles. The lowest BCUT2D eigenvalue weighted by Crippen LogP contribution is -2.39. The van der Waals surface area contributed by atoms with Crippen LogP contribution in [0.3, 0.4) is 0 Å². The van der Waals surface area contributed by atoms with Gasteiger partial charge in [0.25, 0.3) is 0 Å². The lowest BCUT2D eigenvalue weighted by molar-refractivity contribution is -0.148. The van der Waals surface area contributed by atoms with E-state index in [1.165, 1.54) is 7.11 Å². The molecule has 0 radical (unpaired) electrons. The summed E-state index contributed by atoms with van der Waals surface area (Å²) < 4.78 is 7.20. The van der Waals surface area contributed by atoms with Crippen molar-refractivity contribution in [2.45, 2.75) is 12.0 Å². The van der Waals surface area contributed by atoms with Crippen molar-refractivity contribution >= 4 is 70.5 Å². The van der Waals surface area contributed by atoms with Crippen molar-refractivity contribution in [2.24, 2.45) is 5.10 Å². The average molecular weight is 645 g/mol. The predicted octanol–water partition coefficient (Wildman–Crippen LogP) is 3.79. The Bertz CT molecular complexity index is 1790. The van der Waals surface area contributed by atoms with E-state index in [2.05, 4.69) is 31.4 Å². The molecule has 1 aliphatic heterocycles. The summed E-state index contributed by atoms with van der Waals surface area (Å²) >= 11 is 10.5. The minimum atomic E-state index is -1.15. The number of H-pyrrole nitrogens is 1. The lowest BCUT2D eigenvalue weighted by atomic mass is 10.0. The Hall–Kier alpha value is -5.25. The van der Waals surface area contributed by atoms with Gasteiger partial charge < -0.3 is 25.4 Å². The second-order valence-electron chi connectivity index (χ2n) is 9.93. The number of nitrogens with one attached hydrogen (secondary N) is 4. The molecule has 2 atom stereocenters. The average Bonchev–Trinajstić information content (AvgIpc) is 3.66. The van der Waals surface area contributed by atoms with Crippen molar-refractivity contribution in [3.63, 3.8) is 0 Å². The van der Waals surface area contributed by atoms with Crippen LogP contribution >= 0.6 is 24.4 Å². The maximum absolute atomic E-state index is 13.2. The van der Waals surface area contributed by atoms with Gasteiger partial charge in [-0.05, 0) is 71.9 Å². The van der Waals surface area contributed by atoms with Crippen molar-refractivity contribution in [2.75, 3.05) is 35.7 Å². The SMILES string of the molecule is COC(C(=O)O)c1ccc(N(CC(=O)Nc2ccc(C3C=NNC3=S)cc2)CC(=O)Nc2ccc(-n3cn[nH]c3=S)cc2)cc1. The number of aliphatic carboxylic acids is 1. The Balaban J connectivity index is 1.29. The topological polar surface area (TPSA) is 166 Å². The number of carbonyl (C=O) groups excluding carboxylic acids is 2. The molecule has 0 aliphatic carbocycles. The maximum Gasteiger partial charge on any atom is 0.337 e. The number of hydrazone groups is 1. The number of anilines is 3. The number of aromatic amines is 1. The van der Waals surface area contributed by atoms with Gasteiger partial charge in [-0.1, -0.05) is 36.5 Å². The number of carbonyl (C=O) groups is 3. The first-order valence-electron chi connectivity index (χ1n) is 13.6. The van der Waals surface area contributed by atoms with E-state index in [4.69, 9.17) is 29.2 Å². The first kappa shape index (κ1) is 31.2. The number of benzene rings is 3. The van der Waals surface area contributed by atoms with Gasteiger partial charge in [0.15, 0.2) is 10.9 Å². The third-order valence-electron chi connectivity index (χ3n) is 6.91. The van der Waals surface area contributed by atoms with E-state index in [9.17, 15) is 19.5 Å². The van der Waals surface area contributed by atoms with Crippen LogP contribution in [-0.2, 0) is 19.1 Å². The summed E-state index contributed by atoms with van der Waals surface area (Å²) in [6, 6.07) is 20.7. The van der Waals surface area contributed by atoms with Gasteiger partial charge in [-0.3, -0.25) is 24.7 Å². The quantitative estimate of drug-likeness (QED) is 0.143. The van der Waals surface area contributed by atoms with E-state index in [-0.39, 0.29) is 30.8 Å². The van der Waals surface area contributed by atoms with Gasteiger partial charge in [0, 0.05) is 36.1 Å².